The highest BCUT2D eigenvalue weighted by Crippen LogP contribution is 2.28. The van der Waals surface area contributed by atoms with Crippen molar-refractivity contribution in [2.24, 2.45) is 0 Å². The number of rotatable bonds is 3. The van der Waals surface area contributed by atoms with Crippen LogP contribution in [0, 0.1) is 13.8 Å². The fourth-order valence-corrected chi connectivity index (χ4v) is 2.93. The lowest BCUT2D eigenvalue weighted by Gasteiger charge is -2.19. The van der Waals surface area contributed by atoms with Gasteiger partial charge in [-0.05, 0) is 53.9 Å². The van der Waals surface area contributed by atoms with E-state index >= 15 is 0 Å². The third kappa shape index (κ3) is 2.04. The summed E-state index contributed by atoms with van der Waals surface area (Å²) in [4.78, 5) is 0. The summed E-state index contributed by atoms with van der Waals surface area (Å²) >= 11 is 1.77. The zero-order valence-electron chi connectivity index (χ0n) is 9.95. The molecule has 16 heavy (non-hydrogen) atoms. The molecule has 0 aliphatic heterocycles. The summed E-state index contributed by atoms with van der Waals surface area (Å²) in [6, 6.07) is 8.88. The van der Waals surface area contributed by atoms with E-state index in [4.69, 9.17) is 0 Å². The van der Waals surface area contributed by atoms with E-state index in [1.165, 1.54) is 22.3 Å². The molecule has 2 heteroatoms. The van der Waals surface area contributed by atoms with Crippen LogP contribution in [0.25, 0.3) is 0 Å². The Bertz CT molecular complexity index is 473. The van der Waals surface area contributed by atoms with Crippen LogP contribution < -0.4 is 5.32 Å². The summed E-state index contributed by atoms with van der Waals surface area (Å²) in [6.45, 7) is 4.34. The van der Waals surface area contributed by atoms with Crippen LogP contribution in [0.15, 0.2) is 35.0 Å². The minimum Gasteiger partial charge on any atom is -0.309 e. The highest BCUT2D eigenvalue weighted by molar-refractivity contribution is 7.08. The smallest absolute Gasteiger partial charge is 0.0587 e. The molecule has 1 aromatic carbocycles. The molecule has 0 aliphatic rings. The van der Waals surface area contributed by atoms with Crippen LogP contribution in [0.3, 0.4) is 0 Å². The third-order valence-electron chi connectivity index (χ3n) is 2.99. The third-order valence-corrected chi connectivity index (χ3v) is 3.87. The van der Waals surface area contributed by atoms with E-state index in [-0.39, 0.29) is 0 Å². The van der Waals surface area contributed by atoms with Gasteiger partial charge in [0.05, 0.1) is 6.04 Å². The van der Waals surface area contributed by atoms with E-state index in [1.54, 1.807) is 11.3 Å². The monoisotopic (exact) mass is 231 g/mol. The van der Waals surface area contributed by atoms with Crippen molar-refractivity contribution < 1.29 is 0 Å². The van der Waals surface area contributed by atoms with Crippen molar-refractivity contribution >= 4 is 11.3 Å². The van der Waals surface area contributed by atoms with Gasteiger partial charge in [-0.1, -0.05) is 24.3 Å². The Morgan fingerprint density at radius 1 is 1.00 bits per heavy atom. The number of hydrogen-bond acceptors (Lipinski definition) is 2. The molecule has 0 fully saturated rings. The van der Waals surface area contributed by atoms with Crippen molar-refractivity contribution in [1.82, 2.24) is 5.32 Å². The van der Waals surface area contributed by atoms with Gasteiger partial charge in [-0.15, -0.1) is 0 Å². The highest BCUT2D eigenvalue weighted by Gasteiger charge is 2.16. The molecular weight excluding hydrogens is 214 g/mol. The molecule has 84 valence electrons. The predicted molar refractivity (Wildman–Crippen MR) is 71.1 cm³/mol. The van der Waals surface area contributed by atoms with Gasteiger partial charge in [0.1, 0.15) is 0 Å². The first-order valence-corrected chi connectivity index (χ1v) is 6.43. The fraction of sp³-hybridized carbons (Fsp3) is 0.286. The number of thiophene rings is 1. The molecule has 1 unspecified atom stereocenters. The molecule has 0 saturated heterocycles. The van der Waals surface area contributed by atoms with Crippen molar-refractivity contribution in [3.05, 3.63) is 57.3 Å². The lowest BCUT2D eigenvalue weighted by Crippen LogP contribution is -2.18. The SMILES string of the molecule is CNC(c1ccccc1C)c1cscc1C. The zero-order valence-corrected chi connectivity index (χ0v) is 10.8. The summed E-state index contributed by atoms with van der Waals surface area (Å²) in [5, 5.41) is 7.85. The van der Waals surface area contributed by atoms with Gasteiger partial charge in [-0.3, -0.25) is 0 Å². The minimum absolute atomic E-state index is 0.312. The van der Waals surface area contributed by atoms with Gasteiger partial charge in [-0.25, -0.2) is 0 Å². The van der Waals surface area contributed by atoms with E-state index in [2.05, 4.69) is 54.2 Å². The van der Waals surface area contributed by atoms with Gasteiger partial charge in [0.2, 0.25) is 0 Å². The average Bonchev–Trinajstić information content (AvgIpc) is 2.69. The minimum atomic E-state index is 0.312. The maximum Gasteiger partial charge on any atom is 0.0587 e. The van der Waals surface area contributed by atoms with Gasteiger partial charge in [0.15, 0.2) is 0 Å². The van der Waals surface area contributed by atoms with Gasteiger partial charge in [-0.2, -0.15) is 11.3 Å². The van der Waals surface area contributed by atoms with Crippen molar-refractivity contribution in [1.29, 1.82) is 0 Å². The Labute approximate surface area is 101 Å². The summed E-state index contributed by atoms with van der Waals surface area (Å²) in [7, 11) is 2.02. The molecule has 0 aliphatic carbocycles. The molecule has 0 saturated carbocycles. The molecule has 2 rings (SSSR count). The van der Waals surface area contributed by atoms with Crippen molar-refractivity contribution in [2.45, 2.75) is 19.9 Å². The van der Waals surface area contributed by atoms with Crippen LogP contribution in [0.2, 0.25) is 0 Å². The van der Waals surface area contributed by atoms with E-state index < -0.39 is 0 Å². The Hall–Kier alpha value is -1.12. The van der Waals surface area contributed by atoms with Crippen molar-refractivity contribution in [3.8, 4) is 0 Å². The molecular formula is C14H17NS. The molecule has 1 N–H and O–H groups in total. The van der Waals surface area contributed by atoms with Gasteiger partial charge >= 0.3 is 0 Å². The lowest BCUT2D eigenvalue weighted by molar-refractivity contribution is 0.686. The first-order chi connectivity index (χ1) is 7.74. The molecule has 1 heterocycles. The zero-order chi connectivity index (χ0) is 11.5. The normalized spacial score (nSPS) is 12.7. The van der Waals surface area contributed by atoms with E-state index in [0.717, 1.165) is 0 Å². The second kappa shape index (κ2) is 4.81. The Kier molecular flexibility index (Phi) is 3.42. The fourth-order valence-electron chi connectivity index (χ4n) is 2.06. The first-order valence-electron chi connectivity index (χ1n) is 5.49. The van der Waals surface area contributed by atoms with Crippen LogP contribution in [-0.2, 0) is 0 Å². The number of hydrogen-bond donors (Lipinski definition) is 1. The molecule has 0 spiro atoms. The Balaban J connectivity index is 2.45. The maximum absolute atomic E-state index is 3.41. The largest absolute Gasteiger partial charge is 0.309 e. The molecule has 1 nitrogen and oxygen atoms in total. The molecule has 1 aromatic heterocycles. The Morgan fingerprint density at radius 2 is 1.75 bits per heavy atom. The predicted octanol–water partition coefficient (Wildman–Crippen LogP) is 3.67. The second-order valence-corrected chi connectivity index (χ2v) is 4.83. The van der Waals surface area contributed by atoms with Crippen LogP contribution >= 0.6 is 11.3 Å². The highest BCUT2D eigenvalue weighted by atomic mass is 32.1. The standard InChI is InChI=1S/C14H17NS/c1-10-6-4-5-7-12(10)14(15-3)13-9-16-8-11(13)2/h4-9,14-15H,1-3H3. The van der Waals surface area contributed by atoms with Crippen LogP contribution in [0.1, 0.15) is 28.3 Å². The van der Waals surface area contributed by atoms with E-state index in [1.807, 2.05) is 7.05 Å². The van der Waals surface area contributed by atoms with Gasteiger partial charge < -0.3 is 5.32 Å². The molecule has 0 radical (unpaired) electrons. The number of benzene rings is 1. The topological polar surface area (TPSA) is 12.0 Å². The van der Waals surface area contributed by atoms with Gasteiger partial charge in [0.25, 0.3) is 0 Å². The van der Waals surface area contributed by atoms with Gasteiger partial charge in [0, 0.05) is 0 Å². The molecule has 0 amide bonds. The van der Waals surface area contributed by atoms with E-state index in [0.29, 0.717) is 6.04 Å². The molecule has 0 bridgehead atoms. The average molecular weight is 231 g/mol. The molecule has 1 atom stereocenters. The van der Waals surface area contributed by atoms with Crippen LogP contribution in [0.5, 0.6) is 0 Å². The summed E-state index contributed by atoms with van der Waals surface area (Å²) in [5.74, 6) is 0. The summed E-state index contributed by atoms with van der Waals surface area (Å²) in [6.07, 6.45) is 0. The number of nitrogens with one attached hydrogen (secondary N) is 1. The summed E-state index contributed by atoms with van der Waals surface area (Å²) in [5.41, 5.74) is 5.47. The van der Waals surface area contributed by atoms with Crippen molar-refractivity contribution in [2.75, 3.05) is 7.05 Å². The van der Waals surface area contributed by atoms with Crippen molar-refractivity contribution in [3.63, 3.8) is 0 Å². The van der Waals surface area contributed by atoms with E-state index in [9.17, 15) is 0 Å². The number of aryl methyl sites for hydroxylation is 2. The molecule has 2 aromatic rings. The lowest BCUT2D eigenvalue weighted by atomic mass is 9.95. The second-order valence-electron chi connectivity index (χ2n) is 4.09. The first kappa shape index (κ1) is 11.4. The maximum atomic E-state index is 3.41. The quantitative estimate of drug-likeness (QED) is 0.850. The van der Waals surface area contributed by atoms with Crippen LogP contribution in [0.4, 0.5) is 0 Å². The van der Waals surface area contributed by atoms with Crippen LogP contribution in [-0.4, -0.2) is 7.05 Å². The Morgan fingerprint density at radius 3 is 2.31 bits per heavy atom. The summed E-state index contributed by atoms with van der Waals surface area (Å²) < 4.78 is 0.